The number of quaternary nitrogens is 1. The largest absolute Gasteiger partial charge is 0.325 e. The summed E-state index contributed by atoms with van der Waals surface area (Å²) in [6.45, 7) is 18.6. The summed E-state index contributed by atoms with van der Waals surface area (Å²) in [7, 11) is 4.74. The number of rotatable bonds is 10. The number of hydrogen-bond donors (Lipinski definition) is 0. The molecule has 0 aliphatic heterocycles. The summed E-state index contributed by atoms with van der Waals surface area (Å²) < 4.78 is 1.02. The molecule has 3 aromatic carbocycles. The van der Waals surface area contributed by atoms with Crippen molar-refractivity contribution < 1.29 is 4.48 Å². The maximum absolute atomic E-state index is 2.64. The van der Waals surface area contributed by atoms with Crippen LogP contribution >= 0.6 is 0 Å². The second-order valence-electron chi connectivity index (χ2n) is 11.4. The van der Waals surface area contributed by atoms with Gasteiger partial charge in [0.2, 0.25) is 0 Å². The van der Waals surface area contributed by atoms with Gasteiger partial charge in [-0.3, -0.25) is 4.90 Å². The molecule has 182 valence electrons. The van der Waals surface area contributed by atoms with Crippen LogP contribution in [0.15, 0.2) is 54.6 Å². The van der Waals surface area contributed by atoms with Gasteiger partial charge in [-0.2, -0.15) is 0 Å². The van der Waals surface area contributed by atoms with Gasteiger partial charge < -0.3 is 4.48 Å². The van der Waals surface area contributed by atoms with Gasteiger partial charge in [0, 0.05) is 31.6 Å². The number of hydrogen-bond acceptors (Lipinski definition) is 1. The minimum absolute atomic E-state index is 1.00. The fourth-order valence-electron chi connectivity index (χ4n) is 5.51. The summed E-state index contributed by atoms with van der Waals surface area (Å²) in [5, 5.41) is 0. The molecule has 0 saturated heterocycles. The Labute approximate surface area is 208 Å². The highest BCUT2D eigenvalue weighted by atomic mass is 15.3. The second-order valence-corrected chi connectivity index (χ2v) is 11.4. The third-order valence-electron chi connectivity index (χ3n) is 6.51. The van der Waals surface area contributed by atoms with Crippen LogP contribution in [0.4, 0.5) is 0 Å². The molecular weight excluding hydrogens is 412 g/mol. The minimum Gasteiger partial charge on any atom is -0.325 e. The lowest BCUT2D eigenvalue weighted by molar-refractivity contribution is -0.903. The van der Waals surface area contributed by atoms with E-state index in [0.29, 0.717) is 0 Å². The van der Waals surface area contributed by atoms with Crippen LogP contribution in [0.3, 0.4) is 0 Å². The SMILES string of the molecule is Cc1cc(C)cc(CN(CCC[N+](C)(C)Cc2cc(C)cc(C)c2)Cc2cc(C)cc(C)c2)c1. The lowest BCUT2D eigenvalue weighted by Crippen LogP contribution is -2.41. The van der Waals surface area contributed by atoms with E-state index < -0.39 is 0 Å². The highest BCUT2D eigenvalue weighted by Gasteiger charge is 2.18. The Morgan fingerprint density at radius 3 is 1.26 bits per heavy atom. The third kappa shape index (κ3) is 8.42. The zero-order valence-corrected chi connectivity index (χ0v) is 22.8. The first-order valence-electron chi connectivity index (χ1n) is 12.7. The molecule has 0 aromatic heterocycles. The Kier molecular flexibility index (Phi) is 8.73. The van der Waals surface area contributed by atoms with Crippen LogP contribution in [-0.2, 0) is 19.6 Å². The van der Waals surface area contributed by atoms with E-state index in [0.717, 1.165) is 30.7 Å². The molecule has 0 amide bonds. The maximum Gasteiger partial charge on any atom is 0.104 e. The predicted molar refractivity (Wildman–Crippen MR) is 147 cm³/mol. The van der Waals surface area contributed by atoms with Gasteiger partial charge in [0.25, 0.3) is 0 Å². The topological polar surface area (TPSA) is 3.24 Å². The molecule has 2 heteroatoms. The zero-order valence-electron chi connectivity index (χ0n) is 22.8. The standard InChI is InChI=1S/C32H45N2/c1-24-12-25(2)16-30(15-24)21-33(22-31-17-26(3)13-27(4)18-31)10-9-11-34(7,8)23-32-19-28(5)14-29(6)20-32/h12-20H,9-11,21-23H2,1-8H3/q+1. The first kappa shape index (κ1) is 26.2. The molecule has 0 N–H and O–H groups in total. The molecule has 3 rings (SSSR count). The normalized spacial score (nSPS) is 11.9. The van der Waals surface area contributed by atoms with Crippen molar-refractivity contribution in [3.05, 3.63) is 105 Å². The van der Waals surface area contributed by atoms with Gasteiger partial charge in [-0.25, -0.2) is 0 Å². The van der Waals surface area contributed by atoms with Crippen molar-refractivity contribution in [2.45, 2.75) is 67.6 Å². The summed E-state index contributed by atoms with van der Waals surface area (Å²) in [6.07, 6.45) is 1.19. The van der Waals surface area contributed by atoms with E-state index in [1.54, 1.807) is 0 Å². The molecule has 0 atom stereocenters. The van der Waals surface area contributed by atoms with Crippen LogP contribution in [0, 0.1) is 41.5 Å². The molecule has 2 nitrogen and oxygen atoms in total. The van der Waals surface area contributed by atoms with E-state index in [1.165, 1.54) is 63.0 Å². The first-order chi connectivity index (χ1) is 16.0. The monoisotopic (exact) mass is 457 g/mol. The quantitative estimate of drug-likeness (QED) is 0.291. The molecule has 3 aromatic rings. The van der Waals surface area contributed by atoms with Crippen molar-refractivity contribution >= 4 is 0 Å². The minimum atomic E-state index is 1.00. The van der Waals surface area contributed by atoms with Crippen LogP contribution < -0.4 is 0 Å². The highest BCUT2D eigenvalue weighted by Crippen LogP contribution is 2.18. The van der Waals surface area contributed by atoms with Crippen molar-refractivity contribution in [3.8, 4) is 0 Å². The third-order valence-corrected chi connectivity index (χ3v) is 6.51. The summed E-state index contributed by atoms with van der Waals surface area (Å²) in [6, 6.07) is 20.9. The van der Waals surface area contributed by atoms with Crippen LogP contribution in [0.2, 0.25) is 0 Å². The van der Waals surface area contributed by atoms with E-state index in [2.05, 4.69) is 115 Å². The summed E-state index contributed by atoms with van der Waals surface area (Å²) in [4.78, 5) is 2.64. The average molecular weight is 458 g/mol. The van der Waals surface area contributed by atoms with Gasteiger partial charge in [-0.1, -0.05) is 88.0 Å². The Morgan fingerprint density at radius 1 is 0.529 bits per heavy atom. The van der Waals surface area contributed by atoms with Gasteiger partial charge in [0.05, 0.1) is 20.6 Å². The van der Waals surface area contributed by atoms with E-state index in [-0.39, 0.29) is 0 Å². The summed E-state index contributed by atoms with van der Waals surface area (Å²) >= 11 is 0. The van der Waals surface area contributed by atoms with Gasteiger partial charge in [0.15, 0.2) is 0 Å². The van der Waals surface area contributed by atoms with Crippen molar-refractivity contribution in [2.24, 2.45) is 0 Å². The Balaban J connectivity index is 1.69. The maximum atomic E-state index is 2.64. The molecule has 0 aliphatic rings. The number of nitrogens with zero attached hydrogens (tertiary/aromatic N) is 2. The average Bonchev–Trinajstić information content (AvgIpc) is 2.64. The van der Waals surface area contributed by atoms with Crippen LogP contribution in [-0.4, -0.2) is 36.6 Å². The molecule has 0 heterocycles. The molecule has 0 unspecified atom stereocenters. The molecule has 0 saturated carbocycles. The molecule has 0 radical (unpaired) electrons. The van der Waals surface area contributed by atoms with E-state index in [9.17, 15) is 0 Å². The molecule has 0 aliphatic carbocycles. The van der Waals surface area contributed by atoms with Gasteiger partial charge in [-0.05, 0) is 52.7 Å². The zero-order chi connectivity index (χ0) is 24.9. The fraction of sp³-hybridized carbons (Fsp3) is 0.438. The predicted octanol–water partition coefficient (Wildman–Crippen LogP) is 7.21. The smallest absolute Gasteiger partial charge is 0.104 e. The summed E-state index contributed by atoms with van der Waals surface area (Å²) in [5.74, 6) is 0. The van der Waals surface area contributed by atoms with Crippen molar-refractivity contribution in [2.75, 3.05) is 27.2 Å². The second kappa shape index (κ2) is 11.3. The molecular formula is C32H45N2+. The lowest BCUT2D eigenvalue weighted by Gasteiger charge is -2.31. The van der Waals surface area contributed by atoms with Crippen molar-refractivity contribution in [1.82, 2.24) is 4.90 Å². The molecule has 34 heavy (non-hydrogen) atoms. The molecule has 0 spiro atoms. The number of benzene rings is 3. The fourth-order valence-corrected chi connectivity index (χ4v) is 5.51. The van der Waals surface area contributed by atoms with E-state index in [4.69, 9.17) is 0 Å². The molecule has 0 fully saturated rings. The Morgan fingerprint density at radius 2 is 0.882 bits per heavy atom. The first-order valence-corrected chi connectivity index (χ1v) is 12.7. The molecule has 0 bridgehead atoms. The highest BCUT2D eigenvalue weighted by molar-refractivity contribution is 5.30. The van der Waals surface area contributed by atoms with E-state index in [1.807, 2.05) is 0 Å². The lowest BCUT2D eigenvalue weighted by atomic mass is 10.0. The Bertz CT molecular complexity index is 996. The van der Waals surface area contributed by atoms with Crippen LogP contribution in [0.1, 0.15) is 56.5 Å². The Hall–Kier alpha value is -2.42. The van der Waals surface area contributed by atoms with E-state index >= 15 is 0 Å². The van der Waals surface area contributed by atoms with Gasteiger partial charge >= 0.3 is 0 Å². The number of aryl methyl sites for hydroxylation is 6. The van der Waals surface area contributed by atoms with Crippen LogP contribution in [0.5, 0.6) is 0 Å². The van der Waals surface area contributed by atoms with Gasteiger partial charge in [-0.15, -0.1) is 0 Å². The van der Waals surface area contributed by atoms with Crippen molar-refractivity contribution in [3.63, 3.8) is 0 Å². The van der Waals surface area contributed by atoms with Gasteiger partial charge in [0.1, 0.15) is 6.54 Å². The summed E-state index contributed by atoms with van der Waals surface area (Å²) in [5.41, 5.74) is 12.4. The van der Waals surface area contributed by atoms with Crippen LogP contribution in [0.25, 0.3) is 0 Å². The van der Waals surface area contributed by atoms with Crippen molar-refractivity contribution in [1.29, 1.82) is 0 Å².